The van der Waals surface area contributed by atoms with Crippen molar-refractivity contribution in [1.82, 2.24) is 15.1 Å². The Morgan fingerprint density at radius 1 is 1.21 bits per heavy atom. The third kappa shape index (κ3) is 5.95. The lowest BCUT2D eigenvalue weighted by Gasteiger charge is -2.30. The molecule has 1 atom stereocenters. The van der Waals surface area contributed by atoms with Crippen LogP contribution in [0.5, 0.6) is 5.88 Å². The van der Waals surface area contributed by atoms with Crippen LogP contribution in [0, 0.1) is 5.92 Å². The highest BCUT2D eigenvalue weighted by Gasteiger charge is 2.33. The Balaban J connectivity index is 2.29. The van der Waals surface area contributed by atoms with Crippen LogP contribution in [-0.4, -0.2) is 37.8 Å². The highest BCUT2D eigenvalue weighted by Crippen LogP contribution is 2.17. The number of nitrogens with zero attached hydrogens (tertiary/aromatic N) is 2. The lowest BCUT2D eigenvalue weighted by atomic mass is 10.0. The molecule has 4 N–H and O–H groups in total. The average Bonchev–Trinajstić information content (AvgIpc) is 3.04. The van der Waals surface area contributed by atoms with Crippen LogP contribution in [0.25, 0.3) is 0 Å². The van der Waals surface area contributed by atoms with E-state index in [9.17, 15) is 24.7 Å². The lowest BCUT2D eigenvalue weighted by molar-refractivity contribution is -0.134. The molecule has 0 saturated carbocycles. The molecule has 0 saturated heterocycles. The first-order valence-electron chi connectivity index (χ1n) is 9.64. The number of aromatic amines is 1. The second kappa shape index (κ2) is 10.5. The summed E-state index contributed by atoms with van der Waals surface area (Å²) in [5.74, 6) is -1.58. The van der Waals surface area contributed by atoms with Gasteiger partial charge in [0.15, 0.2) is 0 Å². The minimum Gasteiger partial charge on any atom is -0.492 e. The van der Waals surface area contributed by atoms with Crippen LogP contribution in [-0.2, 0) is 16.0 Å². The van der Waals surface area contributed by atoms with E-state index in [4.69, 9.17) is 0 Å². The number of carbonyl (C=O) groups excluding carboxylic acids is 2. The molecular formula is C20H28N4O5. The largest absolute Gasteiger partial charge is 0.492 e. The van der Waals surface area contributed by atoms with Gasteiger partial charge in [0.1, 0.15) is 6.04 Å². The predicted octanol–water partition coefficient (Wildman–Crippen LogP) is 1.68. The van der Waals surface area contributed by atoms with Crippen molar-refractivity contribution in [1.29, 1.82) is 0 Å². The van der Waals surface area contributed by atoms with E-state index in [1.54, 1.807) is 5.48 Å². The van der Waals surface area contributed by atoms with Crippen LogP contribution in [0.3, 0.4) is 0 Å². The predicted molar refractivity (Wildman–Crippen MR) is 107 cm³/mol. The summed E-state index contributed by atoms with van der Waals surface area (Å²) in [7, 11) is 0. The first-order valence-corrected chi connectivity index (χ1v) is 9.64. The topological polar surface area (TPSA) is 128 Å². The number of imidazole rings is 1. The number of hydrogen-bond donors (Lipinski definition) is 4. The molecule has 9 nitrogen and oxygen atoms in total. The molecule has 1 aromatic heterocycles. The molecule has 1 aromatic carbocycles. The molecule has 9 heteroatoms. The van der Waals surface area contributed by atoms with Gasteiger partial charge in [-0.25, -0.2) is 15.3 Å². The SMILES string of the molecule is CC(C)CCC(=O)N([C@@H](CCCc1ccccc1)C(=O)NO)n1c(O)c[nH]c1=O. The Hall–Kier alpha value is -3.07. The standard InChI is InChI=1S/C20H28N4O5/c1-14(2)11-12-17(25)23(24-18(26)13-21-20(24)28)16(19(27)22-29)10-6-9-15-7-4-3-5-8-15/h3-5,7-8,13-14,16,26,29H,6,9-12H2,1-2H3,(H,21,28)(H,22,27)/t16-/m0/s1. The Bertz CT molecular complexity index is 859. The fourth-order valence-electron chi connectivity index (χ4n) is 3.10. The van der Waals surface area contributed by atoms with Gasteiger partial charge in [0.2, 0.25) is 11.8 Å². The maximum Gasteiger partial charge on any atom is 0.347 e. The number of aryl methyl sites for hydroxylation is 1. The second-order valence-electron chi connectivity index (χ2n) is 7.30. The number of H-pyrrole nitrogens is 1. The maximum absolute atomic E-state index is 12.9. The molecule has 2 aromatic rings. The minimum atomic E-state index is -1.16. The monoisotopic (exact) mass is 404 g/mol. The zero-order valence-electron chi connectivity index (χ0n) is 16.7. The fourth-order valence-corrected chi connectivity index (χ4v) is 3.10. The summed E-state index contributed by atoms with van der Waals surface area (Å²) in [6.45, 7) is 3.91. The molecule has 0 aliphatic carbocycles. The molecule has 2 rings (SSSR count). The quantitative estimate of drug-likeness (QED) is 0.354. The van der Waals surface area contributed by atoms with Crippen LogP contribution in [0.1, 0.15) is 45.1 Å². The molecule has 0 spiro atoms. The van der Waals surface area contributed by atoms with Gasteiger partial charge in [-0.3, -0.25) is 14.8 Å². The molecule has 158 valence electrons. The van der Waals surface area contributed by atoms with Crippen molar-refractivity contribution in [3.8, 4) is 5.88 Å². The molecule has 1 heterocycles. The van der Waals surface area contributed by atoms with Crippen molar-refractivity contribution >= 4 is 11.8 Å². The van der Waals surface area contributed by atoms with Gasteiger partial charge in [-0.15, -0.1) is 0 Å². The number of rotatable bonds is 10. The van der Waals surface area contributed by atoms with Crippen molar-refractivity contribution in [2.24, 2.45) is 5.92 Å². The molecule has 0 aliphatic rings. The summed E-state index contributed by atoms with van der Waals surface area (Å²) in [5, 5.41) is 20.2. The molecular weight excluding hydrogens is 376 g/mol. The summed E-state index contributed by atoms with van der Waals surface area (Å²) >= 11 is 0. The number of hydrogen-bond acceptors (Lipinski definition) is 5. The van der Waals surface area contributed by atoms with E-state index in [2.05, 4.69) is 4.98 Å². The molecule has 0 radical (unpaired) electrons. The van der Waals surface area contributed by atoms with Crippen LogP contribution in [0.4, 0.5) is 0 Å². The molecule has 29 heavy (non-hydrogen) atoms. The van der Waals surface area contributed by atoms with Crippen molar-refractivity contribution in [2.75, 3.05) is 5.01 Å². The number of benzene rings is 1. The van der Waals surface area contributed by atoms with Gasteiger partial charge in [-0.05, 0) is 37.2 Å². The van der Waals surface area contributed by atoms with Gasteiger partial charge in [0.25, 0.3) is 5.91 Å². The third-order valence-corrected chi connectivity index (χ3v) is 4.63. The zero-order valence-corrected chi connectivity index (χ0v) is 16.7. The van der Waals surface area contributed by atoms with Gasteiger partial charge < -0.3 is 10.1 Å². The number of amides is 2. The summed E-state index contributed by atoms with van der Waals surface area (Å²) in [6, 6.07) is 8.47. The Kier molecular flexibility index (Phi) is 8.02. The molecule has 0 fully saturated rings. The number of aromatic nitrogens is 2. The van der Waals surface area contributed by atoms with E-state index in [0.29, 0.717) is 19.3 Å². The van der Waals surface area contributed by atoms with Gasteiger partial charge >= 0.3 is 5.69 Å². The van der Waals surface area contributed by atoms with Crippen molar-refractivity contribution in [3.05, 3.63) is 52.6 Å². The Labute approximate surface area is 168 Å². The van der Waals surface area contributed by atoms with Crippen molar-refractivity contribution < 1.29 is 19.9 Å². The summed E-state index contributed by atoms with van der Waals surface area (Å²) in [4.78, 5) is 39.8. The highest BCUT2D eigenvalue weighted by molar-refractivity contribution is 5.94. The van der Waals surface area contributed by atoms with Crippen molar-refractivity contribution in [3.63, 3.8) is 0 Å². The number of carbonyl (C=O) groups is 2. The molecule has 0 unspecified atom stereocenters. The lowest BCUT2D eigenvalue weighted by Crippen LogP contribution is -2.57. The summed E-state index contributed by atoms with van der Waals surface area (Å²) in [5.41, 5.74) is 1.89. The van der Waals surface area contributed by atoms with E-state index in [1.807, 2.05) is 44.2 Å². The molecule has 0 aliphatic heterocycles. The Morgan fingerprint density at radius 3 is 2.45 bits per heavy atom. The average molecular weight is 404 g/mol. The van der Waals surface area contributed by atoms with Gasteiger partial charge in [0, 0.05) is 6.42 Å². The van der Waals surface area contributed by atoms with Gasteiger partial charge in [-0.1, -0.05) is 44.2 Å². The third-order valence-electron chi connectivity index (χ3n) is 4.63. The van der Waals surface area contributed by atoms with Crippen LogP contribution < -0.4 is 16.2 Å². The van der Waals surface area contributed by atoms with E-state index in [1.165, 1.54) is 0 Å². The second-order valence-corrected chi connectivity index (χ2v) is 7.30. The molecule has 2 amide bonds. The van der Waals surface area contributed by atoms with Gasteiger partial charge in [-0.2, -0.15) is 4.68 Å². The summed E-state index contributed by atoms with van der Waals surface area (Å²) in [6.07, 6.45) is 3.04. The highest BCUT2D eigenvalue weighted by atomic mass is 16.5. The zero-order chi connectivity index (χ0) is 21.4. The first-order chi connectivity index (χ1) is 13.8. The Morgan fingerprint density at radius 2 is 1.90 bits per heavy atom. The number of hydroxylamine groups is 1. The van der Waals surface area contributed by atoms with Crippen molar-refractivity contribution in [2.45, 2.75) is 52.0 Å². The number of nitrogens with one attached hydrogen (secondary N) is 2. The summed E-state index contributed by atoms with van der Waals surface area (Å²) < 4.78 is 0.741. The minimum absolute atomic E-state index is 0.0859. The maximum atomic E-state index is 12.9. The van der Waals surface area contributed by atoms with Crippen LogP contribution >= 0.6 is 0 Å². The van der Waals surface area contributed by atoms with Gasteiger partial charge in [0.05, 0.1) is 6.20 Å². The van der Waals surface area contributed by atoms with E-state index in [0.717, 1.165) is 21.4 Å². The fraction of sp³-hybridized carbons (Fsp3) is 0.450. The van der Waals surface area contributed by atoms with E-state index in [-0.39, 0.29) is 18.8 Å². The normalized spacial score (nSPS) is 12.0. The van der Waals surface area contributed by atoms with E-state index < -0.39 is 29.4 Å². The van der Waals surface area contributed by atoms with Crippen LogP contribution in [0.15, 0.2) is 41.3 Å². The smallest absolute Gasteiger partial charge is 0.347 e. The number of aromatic hydroxyl groups is 1. The molecule has 0 bridgehead atoms. The van der Waals surface area contributed by atoms with E-state index >= 15 is 0 Å². The van der Waals surface area contributed by atoms with Crippen LogP contribution in [0.2, 0.25) is 0 Å². The first kappa shape index (κ1) is 22.2.